The third-order valence-corrected chi connectivity index (χ3v) is 1.34. The molecule has 0 saturated carbocycles. The number of amides is 2. The summed E-state index contributed by atoms with van der Waals surface area (Å²) in [4.78, 5) is 22.6. The number of carbonyl (C=O) groups is 2. The van der Waals surface area contributed by atoms with Crippen molar-refractivity contribution in [2.24, 2.45) is 0 Å². The first kappa shape index (κ1) is 7.12. The predicted molar refractivity (Wildman–Crippen MR) is 37.4 cm³/mol. The fraction of sp³-hybridized carbons (Fsp3) is 0.200. The summed E-state index contributed by atoms with van der Waals surface area (Å²) in [5.41, 5.74) is 0.257. The summed E-state index contributed by atoms with van der Waals surface area (Å²) in [6.45, 7) is 1.13. The summed E-state index contributed by atoms with van der Waals surface area (Å²) in [5, 5.41) is 0. The van der Waals surface area contributed by atoms with Crippen LogP contribution in [0.25, 0.3) is 0 Å². The molecule has 0 atom stereocenters. The molecular formula is C5H4B2NO2. The Bertz CT molecular complexity index is 246. The van der Waals surface area contributed by atoms with Crippen molar-refractivity contribution < 1.29 is 9.59 Å². The van der Waals surface area contributed by atoms with Gasteiger partial charge in [-0.2, -0.15) is 0 Å². The molecule has 0 aromatic carbocycles. The summed E-state index contributed by atoms with van der Waals surface area (Å²) >= 11 is 0. The second-order valence-electron chi connectivity index (χ2n) is 1.97. The van der Waals surface area contributed by atoms with E-state index in [0.717, 1.165) is 11.7 Å². The molecule has 1 aliphatic rings. The van der Waals surface area contributed by atoms with Crippen LogP contribution in [0.1, 0.15) is 0 Å². The molecule has 0 saturated heterocycles. The van der Waals surface area contributed by atoms with E-state index in [0.29, 0.717) is 0 Å². The van der Waals surface area contributed by atoms with E-state index in [1.54, 1.807) is 0 Å². The van der Waals surface area contributed by atoms with E-state index >= 15 is 0 Å². The fourth-order valence-electron chi connectivity index (χ4n) is 0.705. The van der Waals surface area contributed by atoms with Gasteiger partial charge in [-0.05, 0) is 0 Å². The second kappa shape index (κ2) is 2.33. The van der Waals surface area contributed by atoms with E-state index < -0.39 is 0 Å². The van der Waals surface area contributed by atoms with Crippen LogP contribution < -0.4 is 0 Å². The fourth-order valence-corrected chi connectivity index (χ4v) is 0.705. The molecule has 0 aromatic rings. The normalized spacial score (nSPS) is 17.2. The van der Waals surface area contributed by atoms with Crippen LogP contribution in [0.2, 0.25) is 0 Å². The third kappa shape index (κ3) is 0.875. The minimum atomic E-state index is -0.340. The number of hydrogen-bond acceptors (Lipinski definition) is 2. The van der Waals surface area contributed by atoms with Crippen LogP contribution in [0.15, 0.2) is 11.5 Å². The zero-order valence-corrected chi connectivity index (χ0v) is 5.50. The first-order valence-electron chi connectivity index (χ1n) is 2.75. The van der Waals surface area contributed by atoms with Gasteiger partial charge < -0.3 is 0 Å². The molecular weight excluding hydrogens is 128 g/mol. The molecule has 47 valence electrons. The Kier molecular flexibility index (Phi) is 1.66. The molecule has 0 unspecified atom stereocenters. The summed E-state index contributed by atoms with van der Waals surface area (Å²) < 4.78 is 0. The van der Waals surface area contributed by atoms with E-state index in [2.05, 4.69) is 0 Å². The summed E-state index contributed by atoms with van der Waals surface area (Å²) in [7, 11) is 6.47. The molecule has 5 heteroatoms. The number of rotatable bonds is 1. The van der Waals surface area contributed by atoms with Crippen molar-refractivity contribution in [3.05, 3.63) is 11.5 Å². The molecule has 3 nitrogen and oxygen atoms in total. The van der Waals surface area contributed by atoms with Gasteiger partial charge in [0.25, 0.3) is 0 Å². The molecule has 1 aliphatic heterocycles. The van der Waals surface area contributed by atoms with Gasteiger partial charge in [0.1, 0.15) is 0 Å². The van der Waals surface area contributed by atoms with E-state index in [9.17, 15) is 9.59 Å². The zero-order valence-electron chi connectivity index (χ0n) is 5.50. The molecule has 1 radical (unpaired) electrons. The van der Waals surface area contributed by atoms with Crippen LogP contribution in [0.3, 0.4) is 0 Å². The standard InChI is InChI=1S/C5H4B2NO2/c1-8-4(9)2-3(7-6)5(8)10/h2H,1H3. The molecule has 0 N–H and O–H groups in total. The predicted octanol–water partition coefficient (Wildman–Crippen LogP) is -1.34. The van der Waals surface area contributed by atoms with Gasteiger partial charge in [-0.25, -0.2) is 0 Å². The van der Waals surface area contributed by atoms with Gasteiger partial charge in [0, 0.05) is 0 Å². The maximum absolute atomic E-state index is 10.9. The molecule has 0 fully saturated rings. The van der Waals surface area contributed by atoms with Crippen molar-refractivity contribution >= 4 is 26.0 Å². The monoisotopic (exact) mass is 132 g/mol. The second-order valence-corrected chi connectivity index (χ2v) is 1.97. The molecule has 2 amide bonds. The zero-order chi connectivity index (χ0) is 7.72. The average Bonchev–Trinajstić information content (AvgIpc) is 2.17. The molecule has 1 heterocycles. The first-order chi connectivity index (χ1) is 4.66. The van der Waals surface area contributed by atoms with Gasteiger partial charge in [-0.1, -0.05) is 0 Å². The van der Waals surface area contributed by atoms with Crippen molar-refractivity contribution in [2.45, 2.75) is 0 Å². The van der Waals surface area contributed by atoms with Crippen LogP contribution in [0.4, 0.5) is 0 Å². The van der Waals surface area contributed by atoms with Crippen LogP contribution >= 0.6 is 0 Å². The molecule has 0 aromatic heterocycles. The maximum atomic E-state index is 10.9. The summed E-state index contributed by atoms with van der Waals surface area (Å²) in [6, 6.07) is 0. The van der Waals surface area contributed by atoms with Crippen molar-refractivity contribution in [3.8, 4) is 0 Å². The Morgan fingerprint density at radius 1 is 1.60 bits per heavy atom. The van der Waals surface area contributed by atoms with Crippen molar-refractivity contribution in [2.75, 3.05) is 7.05 Å². The Balaban J connectivity index is 2.99. The number of hydrogen-bond donors (Lipinski definition) is 0. The van der Waals surface area contributed by atoms with Crippen molar-refractivity contribution in [1.82, 2.24) is 4.90 Å². The van der Waals surface area contributed by atoms with Gasteiger partial charge in [0.2, 0.25) is 0 Å². The Morgan fingerprint density at radius 2 is 2.20 bits per heavy atom. The summed E-state index contributed by atoms with van der Waals surface area (Å²) in [6.07, 6.45) is 1.21. The molecule has 0 spiro atoms. The average molecular weight is 132 g/mol. The topological polar surface area (TPSA) is 37.4 Å². The van der Waals surface area contributed by atoms with Crippen LogP contribution in [-0.2, 0) is 9.59 Å². The van der Waals surface area contributed by atoms with Gasteiger partial charge >= 0.3 is 59.1 Å². The van der Waals surface area contributed by atoms with Crippen molar-refractivity contribution in [1.29, 1.82) is 0 Å². The number of imide groups is 1. The van der Waals surface area contributed by atoms with Crippen LogP contribution in [0.5, 0.6) is 0 Å². The van der Waals surface area contributed by atoms with Gasteiger partial charge in [0.15, 0.2) is 0 Å². The minimum absolute atomic E-state index is 0.257. The Labute approximate surface area is 60.0 Å². The Morgan fingerprint density at radius 3 is 2.40 bits per heavy atom. The molecule has 0 aliphatic carbocycles. The van der Waals surface area contributed by atoms with Gasteiger partial charge in [-0.3, -0.25) is 0 Å². The number of nitrogens with zero attached hydrogens (tertiary/aromatic N) is 1. The first-order valence-corrected chi connectivity index (χ1v) is 2.75. The van der Waals surface area contributed by atoms with Crippen LogP contribution in [0, 0.1) is 0 Å². The third-order valence-electron chi connectivity index (χ3n) is 1.34. The van der Waals surface area contributed by atoms with Crippen molar-refractivity contribution in [3.63, 3.8) is 0 Å². The summed E-state index contributed by atoms with van der Waals surface area (Å²) in [5.74, 6) is -0.658. The number of likely N-dealkylation sites (N-methyl/N-ethyl adjacent to an activating group) is 1. The quantitative estimate of drug-likeness (QED) is 0.326. The van der Waals surface area contributed by atoms with E-state index in [4.69, 9.17) is 7.37 Å². The molecule has 0 bridgehead atoms. The number of carbonyl (C=O) groups excluding carboxylic acids is 2. The van der Waals surface area contributed by atoms with E-state index in [1.807, 2.05) is 0 Å². The van der Waals surface area contributed by atoms with Gasteiger partial charge in [0.05, 0.1) is 0 Å². The molecule has 1 rings (SSSR count). The Hall–Kier alpha value is -0.990. The van der Waals surface area contributed by atoms with E-state index in [1.165, 1.54) is 13.1 Å². The van der Waals surface area contributed by atoms with Gasteiger partial charge in [-0.15, -0.1) is 0 Å². The SMILES string of the molecule is [B]=BC1=CC(=O)N(C)C1=O. The van der Waals surface area contributed by atoms with E-state index in [-0.39, 0.29) is 17.3 Å². The van der Waals surface area contributed by atoms with Crippen LogP contribution in [-0.4, -0.2) is 37.9 Å². The molecule has 10 heavy (non-hydrogen) atoms.